The summed E-state index contributed by atoms with van der Waals surface area (Å²) in [4.78, 5) is 27.6. The molecule has 2 aliphatic heterocycles. The van der Waals surface area contributed by atoms with Crippen LogP contribution in [0.1, 0.15) is 44.7 Å². The summed E-state index contributed by atoms with van der Waals surface area (Å²) in [6, 6.07) is 14.5. The van der Waals surface area contributed by atoms with E-state index in [1.54, 1.807) is 38.2 Å². The zero-order valence-corrected chi connectivity index (χ0v) is 23.5. The van der Waals surface area contributed by atoms with Gasteiger partial charge in [0.15, 0.2) is 0 Å². The molecule has 210 valence electrons. The summed E-state index contributed by atoms with van der Waals surface area (Å²) < 4.78 is 27.7. The van der Waals surface area contributed by atoms with Crippen LogP contribution in [0.2, 0.25) is 0 Å². The molecular weight excluding hydrogens is 520 g/mol. The zero-order valence-electron chi connectivity index (χ0n) is 22.7. The van der Waals surface area contributed by atoms with Crippen molar-refractivity contribution in [3.63, 3.8) is 0 Å². The molecule has 2 heterocycles. The van der Waals surface area contributed by atoms with E-state index < -0.39 is 39.9 Å². The van der Waals surface area contributed by atoms with E-state index in [0.29, 0.717) is 11.4 Å². The number of ether oxygens (including phenoxy) is 1. The van der Waals surface area contributed by atoms with Crippen molar-refractivity contribution in [3.8, 4) is 17.2 Å². The number of carbonyl (C=O) groups excluding carboxylic acids is 1. The van der Waals surface area contributed by atoms with Gasteiger partial charge in [0.2, 0.25) is 5.91 Å². The van der Waals surface area contributed by atoms with Crippen LogP contribution in [0.5, 0.6) is 0 Å². The molecule has 39 heavy (non-hydrogen) atoms. The molecule has 1 fully saturated rings. The van der Waals surface area contributed by atoms with Gasteiger partial charge in [-0.15, -0.1) is 10.8 Å². The summed E-state index contributed by atoms with van der Waals surface area (Å²) in [5.74, 6) is -0.486. The van der Waals surface area contributed by atoms with Gasteiger partial charge >= 0.3 is 6.09 Å². The first-order chi connectivity index (χ1) is 18.3. The standard InChI is InChI=1S/C28H36N4O6S/c1-27(2,3)32(26(34)35)28(11-13-38-14-12-28)25(33)30-23(17-29)15-19-5-7-20(8-6-19)21-9-10-24-22(16-21)18-31(4)39(24,36)37/h5-10,16,23,36-37H,11-15,18H2,1-4H3,(H,30,33)(H,34,35). The number of rotatable bonds is 6. The molecule has 1 atom stereocenters. The molecular formula is C28H36N4O6S. The SMILES string of the molecule is CN1Cc2cc(-c3ccc(CC(C#N)NC(=O)C4(N(C(=O)O)C(C)(C)C)CCOCC4)cc3)ccc2S1(O)O. The lowest BCUT2D eigenvalue weighted by Gasteiger charge is -2.49. The van der Waals surface area contributed by atoms with Crippen LogP contribution >= 0.6 is 10.8 Å². The molecule has 2 aliphatic rings. The first-order valence-electron chi connectivity index (χ1n) is 12.8. The molecule has 11 heteroatoms. The lowest BCUT2D eigenvalue weighted by atomic mass is 9.83. The quantitative estimate of drug-likeness (QED) is 0.400. The molecule has 0 bridgehead atoms. The number of benzene rings is 2. The van der Waals surface area contributed by atoms with Gasteiger partial charge in [0.1, 0.15) is 11.6 Å². The second kappa shape index (κ2) is 10.8. The number of nitrogens with zero attached hydrogens (tertiary/aromatic N) is 3. The van der Waals surface area contributed by atoms with Crippen LogP contribution in [0.25, 0.3) is 11.1 Å². The van der Waals surface area contributed by atoms with Crippen LogP contribution in [0.3, 0.4) is 0 Å². The number of hydrogen-bond acceptors (Lipinski definition) is 7. The lowest BCUT2D eigenvalue weighted by molar-refractivity contribution is -0.144. The summed E-state index contributed by atoms with van der Waals surface area (Å²) in [6.07, 6.45) is -0.512. The van der Waals surface area contributed by atoms with E-state index in [0.717, 1.165) is 22.3 Å². The van der Waals surface area contributed by atoms with Crippen LogP contribution in [0.15, 0.2) is 47.4 Å². The predicted octanol–water partition coefficient (Wildman–Crippen LogP) is 4.70. The largest absolute Gasteiger partial charge is 0.465 e. The summed E-state index contributed by atoms with van der Waals surface area (Å²) in [5, 5.41) is 22.7. The van der Waals surface area contributed by atoms with Gasteiger partial charge in [0.05, 0.1) is 11.0 Å². The molecule has 0 aromatic heterocycles. The monoisotopic (exact) mass is 556 g/mol. The Labute approximate surface area is 230 Å². The minimum atomic E-state index is -2.92. The van der Waals surface area contributed by atoms with Gasteiger partial charge in [0, 0.05) is 51.6 Å². The molecule has 4 rings (SSSR count). The zero-order chi connectivity index (χ0) is 28.6. The van der Waals surface area contributed by atoms with Crippen LogP contribution in [-0.4, -0.2) is 72.8 Å². The van der Waals surface area contributed by atoms with Crippen molar-refractivity contribution in [1.29, 1.82) is 5.26 Å². The Bertz CT molecular complexity index is 1280. The van der Waals surface area contributed by atoms with Crippen molar-refractivity contribution in [2.75, 3.05) is 20.3 Å². The highest BCUT2D eigenvalue weighted by Gasteiger charge is 2.52. The van der Waals surface area contributed by atoms with E-state index >= 15 is 0 Å². The third-order valence-corrected chi connectivity index (χ3v) is 9.39. The Morgan fingerprint density at radius 1 is 1.15 bits per heavy atom. The minimum absolute atomic E-state index is 0.209. The van der Waals surface area contributed by atoms with E-state index in [1.165, 1.54) is 4.90 Å². The summed E-state index contributed by atoms with van der Waals surface area (Å²) >= 11 is 0. The minimum Gasteiger partial charge on any atom is -0.465 e. The van der Waals surface area contributed by atoms with Crippen molar-refractivity contribution in [3.05, 3.63) is 53.6 Å². The van der Waals surface area contributed by atoms with E-state index in [-0.39, 0.29) is 32.5 Å². The molecule has 1 unspecified atom stereocenters. The maximum atomic E-state index is 13.6. The second-order valence-corrected chi connectivity index (χ2v) is 13.2. The number of carbonyl (C=O) groups is 2. The summed E-state index contributed by atoms with van der Waals surface area (Å²) in [7, 11) is -1.24. The second-order valence-electron chi connectivity index (χ2n) is 11.1. The van der Waals surface area contributed by atoms with Crippen molar-refractivity contribution in [2.45, 2.75) is 68.6 Å². The molecule has 2 aromatic rings. The van der Waals surface area contributed by atoms with Gasteiger partial charge in [-0.3, -0.25) is 18.8 Å². The highest BCUT2D eigenvalue weighted by molar-refractivity contribution is 8.22. The molecule has 1 saturated heterocycles. The van der Waals surface area contributed by atoms with Crippen molar-refractivity contribution in [2.24, 2.45) is 0 Å². The number of amides is 2. The van der Waals surface area contributed by atoms with E-state index in [2.05, 4.69) is 11.4 Å². The Morgan fingerprint density at radius 3 is 2.33 bits per heavy atom. The number of nitrogens with one attached hydrogen (secondary N) is 1. The Morgan fingerprint density at radius 2 is 1.77 bits per heavy atom. The third-order valence-electron chi connectivity index (χ3n) is 7.40. The molecule has 0 aliphatic carbocycles. The predicted molar refractivity (Wildman–Crippen MR) is 148 cm³/mol. The fourth-order valence-corrected chi connectivity index (χ4v) is 6.89. The molecule has 2 aromatic carbocycles. The van der Waals surface area contributed by atoms with Gasteiger partial charge < -0.3 is 15.2 Å². The molecule has 2 amide bonds. The summed E-state index contributed by atoms with van der Waals surface area (Å²) in [5.41, 5.74) is 1.43. The maximum absolute atomic E-state index is 13.6. The number of carboxylic acid groups (broad SMARTS) is 1. The molecule has 0 saturated carbocycles. The Hall–Kier alpha value is -3.14. The van der Waals surface area contributed by atoms with Crippen LogP contribution in [-0.2, 0) is 22.5 Å². The first-order valence-corrected chi connectivity index (χ1v) is 14.3. The third kappa shape index (κ3) is 5.62. The smallest absolute Gasteiger partial charge is 0.408 e. The van der Waals surface area contributed by atoms with E-state index in [1.807, 2.05) is 36.4 Å². The Balaban J connectivity index is 1.50. The normalized spacial score (nSPS) is 19.8. The van der Waals surface area contributed by atoms with E-state index in [9.17, 15) is 29.1 Å². The van der Waals surface area contributed by atoms with Gasteiger partial charge in [-0.25, -0.2) is 9.10 Å². The van der Waals surface area contributed by atoms with Crippen LogP contribution < -0.4 is 5.32 Å². The van der Waals surface area contributed by atoms with Gasteiger partial charge in [-0.1, -0.05) is 30.3 Å². The van der Waals surface area contributed by atoms with Crippen LogP contribution in [0, 0.1) is 11.3 Å². The average molecular weight is 557 g/mol. The maximum Gasteiger partial charge on any atom is 0.408 e. The Kier molecular flexibility index (Phi) is 7.98. The highest BCUT2D eigenvalue weighted by atomic mass is 32.3. The highest BCUT2D eigenvalue weighted by Crippen LogP contribution is 2.58. The van der Waals surface area contributed by atoms with Crippen molar-refractivity contribution < 1.29 is 28.5 Å². The van der Waals surface area contributed by atoms with Crippen LogP contribution in [0.4, 0.5) is 4.79 Å². The van der Waals surface area contributed by atoms with E-state index in [4.69, 9.17) is 4.74 Å². The number of fused-ring (bicyclic) bond motifs is 1. The fourth-order valence-electron chi connectivity index (χ4n) is 5.51. The van der Waals surface area contributed by atoms with Gasteiger partial charge in [-0.05, 0) is 55.2 Å². The number of nitriles is 1. The first kappa shape index (κ1) is 28.9. The summed E-state index contributed by atoms with van der Waals surface area (Å²) in [6.45, 7) is 6.21. The topological polar surface area (TPSA) is 146 Å². The lowest BCUT2D eigenvalue weighted by Crippen LogP contribution is -2.68. The molecule has 10 nitrogen and oxygen atoms in total. The fraction of sp³-hybridized carbons (Fsp3) is 0.464. The molecule has 4 N–H and O–H groups in total. The van der Waals surface area contributed by atoms with Crippen molar-refractivity contribution in [1.82, 2.24) is 14.5 Å². The average Bonchev–Trinajstić information content (AvgIpc) is 3.10. The molecule has 0 spiro atoms. The molecule has 0 radical (unpaired) electrons. The van der Waals surface area contributed by atoms with Gasteiger partial charge in [0.25, 0.3) is 0 Å². The van der Waals surface area contributed by atoms with Gasteiger partial charge in [-0.2, -0.15) is 5.26 Å². The van der Waals surface area contributed by atoms with Crippen molar-refractivity contribution >= 4 is 22.8 Å². The number of hydrogen-bond donors (Lipinski definition) is 4.